The zero-order valence-corrected chi connectivity index (χ0v) is 18.0. The van der Waals surface area contributed by atoms with Gasteiger partial charge in [0.25, 0.3) is 0 Å². The van der Waals surface area contributed by atoms with E-state index in [1.165, 1.54) is 5.56 Å². The Balaban J connectivity index is 1.47. The number of hydrogen-bond acceptors (Lipinski definition) is 7. The Labute approximate surface area is 181 Å². The van der Waals surface area contributed by atoms with E-state index in [0.717, 1.165) is 54.9 Å². The number of aromatic nitrogens is 3. The molecule has 1 aromatic carbocycles. The summed E-state index contributed by atoms with van der Waals surface area (Å²) in [6, 6.07) is 10.3. The van der Waals surface area contributed by atoms with Crippen LogP contribution in [-0.4, -0.2) is 59.8 Å². The lowest BCUT2D eigenvalue weighted by Gasteiger charge is -2.29. The molecular formula is C23H28N6O2. The average molecular weight is 421 g/mol. The number of pyridine rings is 1. The van der Waals surface area contributed by atoms with E-state index in [1.54, 1.807) is 7.11 Å². The minimum absolute atomic E-state index is 0.0821. The van der Waals surface area contributed by atoms with Gasteiger partial charge in [-0.15, -0.1) is 0 Å². The molecule has 8 nitrogen and oxygen atoms in total. The molecule has 2 fully saturated rings. The molecule has 31 heavy (non-hydrogen) atoms. The van der Waals surface area contributed by atoms with Gasteiger partial charge in [-0.25, -0.2) is 9.97 Å². The highest BCUT2D eigenvalue weighted by atomic mass is 16.5. The number of morpholine rings is 1. The van der Waals surface area contributed by atoms with Crippen molar-refractivity contribution in [3.05, 3.63) is 47.8 Å². The third-order valence-corrected chi connectivity index (χ3v) is 6.04. The molecule has 0 unspecified atom stereocenters. The summed E-state index contributed by atoms with van der Waals surface area (Å²) in [7, 11) is 1.78. The predicted molar refractivity (Wildman–Crippen MR) is 122 cm³/mol. The summed E-state index contributed by atoms with van der Waals surface area (Å²) in [5.41, 5.74) is 8.10. The molecule has 1 N–H and O–H groups in total. The van der Waals surface area contributed by atoms with Crippen molar-refractivity contribution in [2.24, 2.45) is 5.10 Å². The number of nitrogens with zero attached hydrogens (tertiary/aromatic N) is 5. The molecule has 1 aliphatic carbocycles. The summed E-state index contributed by atoms with van der Waals surface area (Å²) in [5, 5.41) is 4.43. The predicted octanol–water partition coefficient (Wildman–Crippen LogP) is 3.20. The molecule has 5 rings (SSSR count). The third kappa shape index (κ3) is 4.26. The summed E-state index contributed by atoms with van der Waals surface area (Å²) >= 11 is 0. The summed E-state index contributed by atoms with van der Waals surface area (Å²) in [6.07, 6.45) is 5.83. The number of methoxy groups -OCH3 is 1. The molecule has 8 heteroatoms. The zero-order chi connectivity index (χ0) is 21.3. The van der Waals surface area contributed by atoms with Gasteiger partial charge in [-0.05, 0) is 25.3 Å². The Bertz CT molecular complexity index is 1100. The van der Waals surface area contributed by atoms with Crippen molar-refractivity contribution in [3.63, 3.8) is 0 Å². The first-order chi connectivity index (χ1) is 15.2. The number of hydrazone groups is 1. The maximum absolute atomic E-state index is 5.73. The van der Waals surface area contributed by atoms with Gasteiger partial charge in [0.1, 0.15) is 5.52 Å². The molecule has 0 radical (unpaired) electrons. The van der Waals surface area contributed by atoms with Crippen molar-refractivity contribution in [1.82, 2.24) is 14.5 Å². The van der Waals surface area contributed by atoms with Crippen molar-refractivity contribution < 1.29 is 9.47 Å². The highest BCUT2D eigenvalue weighted by molar-refractivity contribution is 5.89. The van der Waals surface area contributed by atoms with Crippen LogP contribution in [0.1, 0.15) is 24.0 Å². The van der Waals surface area contributed by atoms with E-state index < -0.39 is 0 Å². The number of hydrogen-bond donors (Lipinski definition) is 1. The van der Waals surface area contributed by atoms with E-state index >= 15 is 0 Å². The van der Waals surface area contributed by atoms with E-state index in [1.807, 2.05) is 30.7 Å². The van der Waals surface area contributed by atoms with Gasteiger partial charge >= 0.3 is 0 Å². The van der Waals surface area contributed by atoms with E-state index in [-0.39, 0.29) is 5.60 Å². The lowest BCUT2D eigenvalue weighted by atomic mass is 10.2. The molecule has 1 aliphatic heterocycles. The summed E-state index contributed by atoms with van der Waals surface area (Å²) in [4.78, 5) is 11.9. The lowest BCUT2D eigenvalue weighted by Crippen LogP contribution is -2.36. The second kappa shape index (κ2) is 8.28. The van der Waals surface area contributed by atoms with E-state index in [4.69, 9.17) is 19.4 Å². The fraction of sp³-hybridized carbons (Fsp3) is 0.435. The highest BCUT2D eigenvalue weighted by Gasteiger charge is 2.43. The number of rotatable bonds is 7. The number of fused-ring (bicyclic) bond motifs is 1. The molecule has 162 valence electrons. The second-order valence-electron chi connectivity index (χ2n) is 8.34. The number of ether oxygens (including phenoxy) is 2. The number of anilines is 2. The molecule has 2 aromatic heterocycles. The fourth-order valence-electron chi connectivity index (χ4n) is 4.04. The number of nitrogens with one attached hydrogen (secondary N) is 1. The molecule has 3 heterocycles. The highest BCUT2D eigenvalue weighted by Crippen LogP contribution is 2.41. The molecule has 1 saturated heterocycles. The molecule has 3 aromatic rings. The first-order valence-corrected chi connectivity index (χ1v) is 10.8. The lowest BCUT2D eigenvalue weighted by molar-refractivity contribution is 0.0659. The monoisotopic (exact) mass is 420 g/mol. The quantitative estimate of drug-likeness (QED) is 0.467. The van der Waals surface area contributed by atoms with Crippen LogP contribution in [0, 0.1) is 6.92 Å². The third-order valence-electron chi connectivity index (χ3n) is 6.04. The van der Waals surface area contributed by atoms with Crippen LogP contribution in [0.15, 0.2) is 41.8 Å². The van der Waals surface area contributed by atoms with Crippen molar-refractivity contribution in [1.29, 1.82) is 0 Å². The first kappa shape index (κ1) is 20.0. The molecule has 1 saturated carbocycles. The van der Waals surface area contributed by atoms with Crippen LogP contribution < -0.4 is 10.3 Å². The average Bonchev–Trinajstić information content (AvgIpc) is 3.46. The maximum Gasteiger partial charge on any atom is 0.164 e. The van der Waals surface area contributed by atoms with Gasteiger partial charge in [0.2, 0.25) is 0 Å². The van der Waals surface area contributed by atoms with Crippen molar-refractivity contribution in [2.45, 2.75) is 31.9 Å². The first-order valence-electron chi connectivity index (χ1n) is 10.8. The molecule has 0 amide bonds. The number of imidazole rings is 1. The molecule has 0 bridgehead atoms. The van der Waals surface area contributed by atoms with Gasteiger partial charge < -0.3 is 18.9 Å². The van der Waals surface area contributed by atoms with Crippen molar-refractivity contribution >= 4 is 28.9 Å². The topological polar surface area (TPSA) is 76.8 Å². The fourth-order valence-corrected chi connectivity index (χ4v) is 4.04. The molecule has 0 spiro atoms. The van der Waals surface area contributed by atoms with Gasteiger partial charge in [0.05, 0.1) is 43.6 Å². The van der Waals surface area contributed by atoms with E-state index in [0.29, 0.717) is 19.0 Å². The summed E-state index contributed by atoms with van der Waals surface area (Å²) in [5.74, 6) is 0.696. The van der Waals surface area contributed by atoms with Crippen LogP contribution in [0.25, 0.3) is 11.2 Å². The SMILES string of the molecule is COC1(Cn2cnc3c(N4CCOCC4)cc(N/N=C/c4cccc(C)c4)nc32)CC1. The van der Waals surface area contributed by atoms with Crippen LogP contribution in [0.5, 0.6) is 0 Å². The standard InChI is InChI=1S/C23H28N6O2/c1-17-4-3-5-18(12-17)14-25-27-20-13-19(28-8-10-31-11-9-28)21-22(26-20)29(16-24-21)15-23(30-2)6-7-23/h3-5,12-14,16H,6-11,15H2,1-2H3,(H,26,27)/b25-14+. The molecule has 0 atom stereocenters. The Morgan fingerprint density at radius 2 is 2.10 bits per heavy atom. The van der Waals surface area contributed by atoms with Crippen molar-refractivity contribution in [3.8, 4) is 0 Å². The van der Waals surface area contributed by atoms with Gasteiger partial charge in [-0.3, -0.25) is 5.43 Å². The molecule has 2 aliphatic rings. The summed E-state index contributed by atoms with van der Waals surface area (Å²) in [6.45, 7) is 5.92. The van der Waals surface area contributed by atoms with Gasteiger partial charge in [-0.2, -0.15) is 5.10 Å². The Morgan fingerprint density at radius 3 is 2.84 bits per heavy atom. The van der Waals surface area contributed by atoms with Crippen molar-refractivity contribution in [2.75, 3.05) is 43.7 Å². The Hall–Kier alpha value is -2.97. The van der Waals surface area contributed by atoms with Crippen LogP contribution in [-0.2, 0) is 16.0 Å². The largest absolute Gasteiger partial charge is 0.378 e. The van der Waals surface area contributed by atoms with Crippen LogP contribution in [0.3, 0.4) is 0 Å². The van der Waals surface area contributed by atoms with Crippen LogP contribution >= 0.6 is 0 Å². The minimum Gasteiger partial charge on any atom is -0.378 e. The molecular weight excluding hydrogens is 392 g/mol. The van der Waals surface area contributed by atoms with Gasteiger partial charge in [0.15, 0.2) is 11.5 Å². The second-order valence-corrected chi connectivity index (χ2v) is 8.34. The number of aryl methyl sites for hydroxylation is 1. The van der Waals surface area contributed by atoms with Gasteiger partial charge in [-0.1, -0.05) is 29.8 Å². The normalized spacial score (nSPS) is 18.1. The minimum atomic E-state index is -0.0821. The number of benzene rings is 1. The van der Waals surface area contributed by atoms with Gasteiger partial charge in [0, 0.05) is 26.3 Å². The van der Waals surface area contributed by atoms with Crippen LogP contribution in [0.4, 0.5) is 11.5 Å². The van der Waals surface area contributed by atoms with E-state index in [2.05, 4.69) is 39.1 Å². The zero-order valence-electron chi connectivity index (χ0n) is 18.0. The maximum atomic E-state index is 5.73. The van der Waals surface area contributed by atoms with Crippen LogP contribution in [0.2, 0.25) is 0 Å². The Kier molecular flexibility index (Phi) is 5.33. The smallest absolute Gasteiger partial charge is 0.164 e. The van der Waals surface area contributed by atoms with E-state index in [9.17, 15) is 0 Å². The Morgan fingerprint density at radius 1 is 1.26 bits per heavy atom. The summed E-state index contributed by atoms with van der Waals surface area (Å²) < 4.78 is 13.4.